The molecule has 66 heavy (non-hydrogen) atoms. The number of fused-ring (bicyclic) bond motifs is 5. The highest BCUT2D eigenvalue weighted by Crippen LogP contribution is 2.46. The molecule has 1 aromatic heterocycles. The van der Waals surface area contributed by atoms with Gasteiger partial charge in [-0.2, -0.15) is 0 Å². The van der Waals surface area contributed by atoms with E-state index in [1.54, 1.807) is 0 Å². The van der Waals surface area contributed by atoms with Crippen molar-refractivity contribution in [1.82, 2.24) is 4.57 Å². The molecular weight excluding hydrogens is 797 g/mol. The van der Waals surface area contributed by atoms with E-state index in [4.69, 9.17) is 0 Å². The van der Waals surface area contributed by atoms with Crippen LogP contribution in [0.25, 0.3) is 114 Å². The van der Waals surface area contributed by atoms with Crippen molar-refractivity contribution in [2.75, 3.05) is 4.90 Å². The average Bonchev–Trinajstić information content (AvgIpc) is 3.72. The molecule has 14 aromatic rings. The fraction of sp³-hybridized carbons (Fsp3) is 0. The Morgan fingerprint density at radius 2 is 0.636 bits per heavy atom. The van der Waals surface area contributed by atoms with E-state index in [1.165, 1.54) is 109 Å². The molecule has 0 spiro atoms. The molecular formula is C64H40N2. The van der Waals surface area contributed by atoms with Gasteiger partial charge in [-0.1, -0.05) is 182 Å². The number of rotatable bonds is 6. The van der Waals surface area contributed by atoms with Crippen molar-refractivity contribution in [2.45, 2.75) is 0 Å². The van der Waals surface area contributed by atoms with Crippen LogP contribution in [-0.2, 0) is 0 Å². The van der Waals surface area contributed by atoms with Gasteiger partial charge in [0.25, 0.3) is 0 Å². The minimum atomic E-state index is 1.09. The predicted molar refractivity (Wildman–Crippen MR) is 283 cm³/mol. The van der Waals surface area contributed by atoms with E-state index in [1.807, 2.05) is 0 Å². The largest absolute Gasteiger partial charge is 0.310 e. The van der Waals surface area contributed by atoms with Crippen LogP contribution in [0.5, 0.6) is 0 Å². The summed E-state index contributed by atoms with van der Waals surface area (Å²) in [6, 6.07) is 89.7. The molecule has 0 N–H and O–H groups in total. The van der Waals surface area contributed by atoms with E-state index in [0.29, 0.717) is 0 Å². The number of hydrogen-bond donors (Lipinski definition) is 0. The summed E-state index contributed by atoms with van der Waals surface area (Å²) in [5.41, 5.74) is 11.6. The monoisotopic (exact) mass is 836 g/mol. The summed E-state index contributed by atoms with van der Waals surface area (Å²) >= 11 is 0. The van der Waals surface area contributed by atoms with Crippen molar-refractivity contribution in [2.24, 2.45) is 0 Å². The van der Waals surface area contributed by atoms with Gasteiger partial charge in [-0.05, 0) is 148 Å². The van der Waals surface area contributed by atoms with Crippen LogP contribution in [0, 0.1) is 0 Å². The minimum Gasteiger partial charge on any atom is -0.310 e. The Morgan fingerprint density at radius 3 is 1.17 bits per heavy atom. The number of benzene rings is 12. The van der Waals surface area contributed by atoms with Crippen molar-refractivity contribution in [3.8, 4) is 27.9 Å². The Labute approximate surface area is 381 Å². The molecule has 0 saturated carbocycles. The fourth-order valence-corrected chi connectivity index (χ4v) is 11.1. The maximum absolute atomic E-state index is 2.46. The van der Waals surface area contributed by atoms with Crippen molar-refractivity contribution in [1.29, 1.82) is 0 Å². The van der Waals surface area contributed by atoms with Gasteiger partial charge in [0.1, 0.15) is 0 Å². The highest BCUT2D eigenvalue weighted by atomic mass is 15.1. The molecule has 0 fully saturated rings. The van der Waals surface area contributed by atoms with Gasteiger partial charge in [0.2, 0.25) is 0 Å². The standard InChI is InChI=1S/C64H40N2/c1-2-11-41(12-3-1)42-23-25-43(26-24-42)44-31-33-49(34-32-44)65(50-35-37-51(38-36-50)66-59-21-6-4-16-53(59)54-17-5-7-22-60(54)66)52-39-48-30-29-47-14-9-19-56-55-18-8-13-45-27-28-46-15-10-20-57(63(46)61(45)55)58(40-52)64(48)62(47)56/h1-40H. The second kappa shape index (κ2) is 14.4. The zero-order valence-corrected chi connectivity index (χ0v) is 36.0. The second-order valence-electron chi connectivity index (χ2n) is 17.6. The molecule has 0 unspecified atom stereocenters. The molecule has 0 bridgehead atoms. The van der Waals surface area contributed by atoms with Crippen LogP contribution in [0.4, 0.5) is 17.1 Å². The number of aromatic nitrogens is 1. The zero-order valence-electron chi connectivity index (χ0n) is 36.0. The lowest BCUT2D eigenvalue weighted by Gasteiger charge is -2.27. The molecule has 13 aromatic carbocycles. The molecule has 0 aliphatic rings. The molecule has 2 heteroatoms. The van der Waals surface area contributed by atoms with Gasteiger partial charge in [-0.25, -0.2) is 0 Å². The lowest BCUT2D eigenvalue weighted by molar-refractivity contribution is 1.17. The summed E-state index contributed by atoms with van der Waals surface area (Å²) < 4.78 is 2.39. The molecule has 2 nitrogen and oxygen atoms in total. The summed E-state index contributed by atoms with van der Waals surface area (Å²) in [6.07, 6.45) is 0. The van der Waals surface area contributed by atoms with Gasteiger partial charge in [-0.3, -0.25) is 0 Å². The van der Waals surface area contributed by atoms with Crippen LogP contribution >= 0.6 is 0 Å². The summed E-state index contributed by atoms with van der Waals surface area (Å²) in [5.74, 6) is 0. The highest BCUT2D eigenvalue weighted by molar-refractivity contribution is 6.37. The molecule has 0 amide bonds. The highest BCUT2D eigenvalue weighted by Gasteiger charge is 2.20. The molecule has 1 heterocycles. The topological polar surface area (TPSA) is 8.17 Å². The van der Waals surface area contributed by atoms with Crippen LogP contribution in [0.15, 0.2) is 243 Å². The van der Waals surface area contributed by atoms with E-state index < -0.39 is 0 Å². The predicted octanol–water partition coefficient (Wildman–Crippen LogP) is 17.9. The van der Waals surface area contributed by atoms with Gasteiger partial charge in [-0.15, -0.1) is 0 Å². The Kier molecular flexibility index (Phi) is 8.02. The van der Waals surface area contributed by atoms with Gasteiger partial charge in [0.05, 0.1) is 11.0 Å². The van der Waals surface area contributed by atoms with Crippen LogP contribution < -0.4 is 4.90 Å². The van der Waals surface area contributed by atoms with Crippen molar-refractivity contribution in [3.05, 3.63) is 243 Å². The maximum Gasteiger partial charge on any atom is 0.0541 e. The van der Waals surface area contributed by atoms with Crippen molar-refractivity contribution in [3.63, 3.8) is 0 Å². The molecule has 0 atom stereocenters. The smallest absolute Gasteiger partial charge is 0.0541 e. The molecule has 0 aliphatic carbocycles. The summed E-state index contributed by atoms with van der Waals surface area (Å²) in [4.78, 5) is 2.44. The number of hydrogen-bond acceptors (Lipinski definition) is 1. The van der Waals surface area contributed by atoms with Crippen molar-refractivity contribution < 1.29 is 0 Å². The van der Waals surface area contributed by atoms with Crippen LogP contribution in [-0.4, -0.2) is 4.57 Å². The summed E-state index contributed by atoms with van der Waals surface area (Å²) in [6.45, 7) is 0. The summed E-state index contributed by atoms with van der Waals surface area (Å²) in [5, 5.41) is 17.8. The molecule has 0 aliphatic heterocycles. The Hall–Kier alpha value is -8.72. The lowest BCUT2D eigenvalue weighted by atomic mass is 9.87. The Balaban J connectivity index is 1.00. The normalized spacial score (nSPS) is 11.9. The van der Waals surface area contributed by atoms with E-state index in [2.05, 4.69) is 252 Å². The number of anilines is 3. The third-order valence-electron chi connectivity index (χ3n) is 14.1. The van der Waals surface area contributed by atoms with Gasteiger partial charge < -0.3 is 9.47 Å². The Morgan fingerprint density at radius 1 is 0.242 bits per heavy atom. The van der Waals surface area contributed by atoms with Gasteiger partial charge in [0.15, 0.2) is 0 Å². The molecule has 14 rings (SSSR count). The third kappa shape index (κ3) is 5.55. The number of nitrogens with zero attached hydrogens (tertiary/aromatic N) is 2. The van der Waals surface area contributed by atoms with Gasteiger partial charge >= 0.3 is 0 Å². The van der Waals surface area contributed by atoms with Gasteiger partial charge in [0, 0.05) is 33.5 Å². The number of para-hydroxylation sites is 2. The maximum atomic E-state index is 2.46. The first-order chi connectivity index (χ1) is 32.7. The molecule has 0 saturated heterocycles. The van der Waals surface area contributed by atoms with Crippen molar-refractivity contribution >= 4 is 104 Å². The molecule has 306 valence electrons. The molecule has 0 radical (unpaired) electrons. The van der Waals surface area contributed by atoms with E-state index in [9.17, 15) is 0 Å². The van der Waals surface area contributed by atoms with E-state index >= 15 is 0 Å². The van der Waals surface area contributed by atoms with Crippen LogP contribution in [0.2, 0.25) is 0 Å². The fourth-order valence-electron chi connectivity index (χ4n) is 11.1. The lowest BCUT2D eigenvalue weighted by Crippen LogP contribution is -2.10. The second-order valence-corrected chi connectivity index (χ2v) is 17.6. The zero-order chi connectivity index (χ0) is 43.3. The summed E-state index contributed by atoms with van der Waals surface area (Å²) in [7, 11) is 0. The quantitative estimate of drug-likeness (QED) is 0.152. The average molecular weight is 837 g/mol. The van der Waals surface area contributed by atoms with Crippen LogP contribution in [0.3, 0.4) is 0 Å². The first-order valence-electron chi connectivity index (χ1n) is 22.8. The van der Waals surface area contributed by atoms with E-state index in [0.717, 1.165) is 22.7 Å². The third-order valence-corrected chi connectivity index (χ3v) is 14.1. The first-order valence-corrected chi connectivity index (χ1v) is 22.8. The van der Waals surface area contributed by atoms with E-state index in [-0.39, 0.29) is 0 Å². The minimum absolute atomic E-state index is 1.09. The SMILES string of the molecule is c1ccc(-c2ccc(-c3ccc(N(c4ccc(-n5c6ccccc6c6ccccc65)cc4)c4cc5ccc6cccc7c8cccc9ccc%10cccc(c(c4)c5c67)c%10c98)cc3)cc2)cc1. The van der Waals surface area contributed by atoms with Crippen LogP contribution in [0.1, 0.15) is 0 Å². The Bertz CT molecular complexity index is 4120. The first kappa shape index (κ1) is 36.7.